The van der Waals surface area contributed by atoms with Crippen molar-refractivity contribution >= 4 is 17.7 Å². The lowest BCUT2D eigenvalue weighted by molar-refractivity contribution is -0.127. The van der Waals surface area contributed by atoms with E-state index in [1.54, 1.807) is 12.1 Å². The van der Waals surface area contributed by atoms with E-state index in [0.29, 0.717) is 25.1 Å². The molecule has 0 bridgehead atoms. The van der Waals surface area contributed by atoms with Gasteiger partial charge >= 0.3 is 0 Å². The van der Waals surface area contributed by atoms with Crippen LogP contribution >= 0.6 is 0 Å². The molecule has 0 atom stereocenters. The number of amides is 3. The van der Waals surface area contributed by atoms with Gasteiger partial charge in [0.15, 0.2) is 0 Å². The number of nitrogens with zero attached hydrogens (tertiary/aromatic N) is 1. The highest BCUT2D eigenvalue weighted by molar-refractivity contribution is 5.96. The van der Waals surface area contributed by atoms with Crippen molar-refractivity contribution in [3.05, 3.63) is 35.4 Å². The zero-order valence-corrected chi connectivity index (χ0v) is 13.4. The summed E-state index contributed by atoms with van der Waals surface area (Å²) in [6.07, 6.45) is 2.29. The summed E-state index contributed by atoms with van der Waals surface area (Å²) in [5.41, 5.74) is 1.55. The monoisotopic (exact) mass is 317 g/mol. The molecule has 1 fully saturated rings. The molecule has 2 N–H and O–H groups in total. The molecule has 0 spiro atoms. The first-order valence-corrected chi connectivity index (χ1v) is 7.95. The zero-order chi connectivity index (χ0) is 16.7. The van der Waals surface area contributed by atoms with Gasteiger partial charge in [0.1, 0.15) is 0 Å². The molecule has 1 aromatic carbocycles. The third-order valence-corrected chi connectivity index (χ3v) is 3.79. The van der Waals surface area contributed by atoms with Crippen molar-refractivity contribution in [1.82, 2.24) is 15.5 Å². The minimum Gasteiger partial charge on any atom is -0.355 e. The smallest absolute Gasteiger partial charge is 0.251 e. The largest absolute Gasteiger partial charge is 0.355 e. The number of likely N-dealkylation sites (tertiary alicyclic amines) is 1. The fraction of sp³-hybridized carbons (Fsp3) is 0.471. The van der Waals surface area contributed by atoms with E-state index in [2.05, 4.69) is 10.6 Å². The van der Waals surface area contributed by atoms with E-state index in [-0.39, 0.29) is 24.3 Å². The number of carbonyl (C=O) groups is 3. The van der Waals surface area contributed by atoms with E-state index >= 15 is 0 Å². The minimum absolute atomic E-state index is 0.0462. The number of rotatable bonds is 7. The molecule has 23 heavy (non-hydrogen) atoms. The topological polar surface area (TPSA) is 78.5 Å². The van der Waals surface area contributed by atoms with Gasteiger partial charge < -0.3 is 15.5 Å². The maximum atomic E-state index is 11.9. The molecule has 1 aliphatic rings. The highest BCUT2D eigenvalue weighted by Crippen LogP contribution is 2.09. The Hall–Kier alpha value is -2.37. The molecule has 0 aliphatic carbocycles. The fourth-order valence-corrected chi connectivity index (χ4v) is 2.55. The van der Waals surface area contributed by atoms with Gasteiger partial charge in [-0.05, 0) is 31.9 Å². The molecule has 3 amide bonds. The lowest BCUT2D eigenvalue weighted by Crippen LogP contribution is -2.38. The summed E-state index contributed by atoms with van der Waals surface area (Å²) in [5.74, 6) is -0.285. The molecule has 1 heterocycles. The molecule has 0 radical (unpaired) electrons. The van der Waals surface area contributed by atoms with Gasteiger partial charge in [0.05, 0.1) is 6.54 Å². The molecule has 6 nitrogen and oxygen atoms in total. The minimum atomic E-state index is -0.258. The summed E-state index contributed by atoms with van der Waals surface area (Å²) in [5, 5.41) is 5.35. The average Bonchev–Trinajstić information content (AvgIpc) is 2.94. The Morgan fingerprint density at radius 2 is 2.09 bits per heavy atom. The van der Waals surface area contributed by atoms with E-state index < -0.39 is 0 Å². The van der Waals surface area contributed by atoms with Crippen LogP contribution in [0.15, 0.2) is 24.3 Å². The lowest BCUT2D eigenvalue weighted by atomic mass is 10.1. The number of aryl methyl sites for hydroxylation is 1. The Labute approximate surface area is 136 Å². The zero-order valence-electron chi connectivity index (χ0n) is 13.4. The molecular weight excluding hydrogens is 294 g/mol. The SMILES string of the molecule is Cc1cccc(C(=O)NCC(=O)NCCCN2CCCC2=O)c1. The Morgan fingerprint density at radius 1 is 1.26 bits per heavy atom. The van der Waals surface area contributed by atoms with Crippen LogP contribution in [0.25, 0.3) is 0 Å². The molecule has 1 saturated heterocycles. The van der Waals surface area contributed by atoms with E-state index in [0.717, 1.165) is 24.9 Å². The average molecular weight is 317 g/mol. The van der Waals surface area contributed by atoms with Crippen LogP contribution in [0, 0.1) is 6.92 Å². The van der Waals surface area contributed by atoms with Crippen LogP contribution in [0.3, 0.4) is 0 Å². The van der Waals surface area contributed by atoms with Gasteiger partial charge in [0.25, 0.3) is 5.91 Å². The first-order chi connectivity index (χ1) is 11.1. The first-order valence-electron chi connectivity index (χ1n) is 7.95. The predicted octanol–water partition coefficient (Wildman–Crippen LogP) is 0.854. The molecule has 0 saturated carbocycles. The molecule has 2 rings (SSSR count). The van der Waals surface area contributed by atoms with Crippen molar-refractivity contribution < 1.29 is 14.4 Å². The highest BCUT2D eigenvalue weighted by Gasteiger charge is 2.19. The van der Waals surface area contributed by atoms with Crippen molar-refractivity contribution in [2.45, 2.75) is 26.2 Å². The van der Waals surface area contributed by atoms with Gasteiger partial charge in [-0.15, -0.1) is 0 Å². The van der Waals surface area contributed by atoms with Gasteiger partial charge in [0.2, 0.25) is 11.8 Å². The lowest BCUT2D eigenvalue weighted by Gasteiger charge is -2.15. The van der Waals surface area contributed by atoms with Gasteiger partial charge in [-0.2, -0.15) is 0 Å². The number of nitrogens with one attached hydrogen (secondary N) is 2. The molecular formula is C17H23N3O3. The Balaban J connectivity index is 1.61. The Kier molecular flexibility index (Phi) is 6.14. The van der Waals surface area contributed by atoms with Gasteiger partial charge in [-0.1, -0.05) is 17.7 Å². The van der Waals surface area contributed by atoms with Crippen LogP contribution in [0.1, 0.15) is 35.2 Å². The van der Waals surface area contributed by atoms with E-state index in [4.69, 9.17) is 0 Å². The molecule has 0 unspecified atom stereocenters. The second kappa shape index (κ2) is 8.31. The normalized spacial score (nSPS) is 14.0. The van der Waals surface area contributed by atoms with Crippen LogP contribution in [0.2, 0.25) is 0 Å². The summed E-state index contributed by atoms with van der Waals surface area (Å²) < 4.78 is 0. The van der Waals surface area contributed by atoms with Crippen molar-refractivity contribution in [3.8, 4) is 0 Å². The van der Waals surface area contributed by atoms with Crippen LogP contribution in [-0.4, -0.2) is 48.8 Å². The second-order valence-corrected chi connectivity index (χ2v) is 5.74. The van der Waals surface area contributed by atoms with E-state index in [1.807, 2.05) is 24.0 Å². The summed E-state index contributed by atoms with van der Waals surface area (Å²) in [6.45, 7) is 3.86. The van der Waals surface area contributed by atoms with Crippen molar-refractivity contribution in [1.29, 1.82) is 0 Å². The van der Waals surface area contributed by atoms with Gasteiger partial charge in [-0.25, -0.2) is 0 Å². The third-order valence-electron chi connectivity index (χ3n) is 3.79. The second-order valence-electron chi connectivity index (χ2n) is 5.74. The summed E-state index contributed by atoms with van der Waals surface area (Å²) in [4.78, 5) is 36.9. The van der Waals surface area contributed by atoms with Crippen LogP contribution in [0.4, 0.5) is 0 Å². The molecule has 6 heteroatoms. The van der Waals surface area contributed by atoms with Crippen molar-refractivity contribution in [2.24, 2.45) is 0 Å². The molecule has 1 aliphatic heterocycles. The fourth-order valence-electron chi connectivity index (χ4n) is 2.55. The van der Waals surface area contributed by atoms with Crippen LogP contribution in [0.5, 0.6) is 0 Å². The number of hydrogen-bond acceptors (Lipinski definition) is 3. The highest BCUT2D eigenvalue weighted by atomic mass is 16.2. The number of benzene rings is 1. The summed E-state index contributed by atoms with van der Waals surface area (Å²) in [6, 6.07) is 7.21. The Morgan fingerprint density at radius 3 is 2.78 bits per heavy atom. The van der Waals surface area contributed by atoms with Crippen molar-refractivity contribution in [2.75, 3.05) is 26.2 Å². The van der Waals surface area contributed by atoms with Gasteiger partial charge in [-0.3, -0.25) is 14.4 Å². The molecule has 124 valence electrons. The maximum absolute atomic E-state index is 11.9. The quantitative estimate of drug-likeness (QED) is 0.732. The third kappa shape index (κ3) is 5.39. The maximum Gasteiger partial charge on any atom is 0.251 e. The van der Waals surface area contributed by atoms with Crippen molar-refractivity contribution in [3.63, 3.8) is 0 Å². The van der Waals surface area contributed by atoms with Crippen LogP contribution < -0.4 is 10.6 Å². The standard InChI is InChI=1S/C17H23N3O3/c1-13-5-2-6-14(11-13)17(23)19-12-15(21)18-8-4-10-20-9-3-7-16(20)22/h2,5-6,11H,3-4,7-10,12H2,1H3,(H,18,21)(H,19,23). The van der Waals surface area contributed by atoms with E-state index in [1.165, 1.54) is 0 Å². The van der Waals surface area contributed by atoms with Crippen LogP contribution in [-0.2, 0) is 9.59 Å². The first kappa shape index (κ1) is 17.0. The number of hydrogen-bond donors (Lipinski definition) is 2. The Bertz CT molecular complexity index is 586. The summed E-state index contributed by atoms with van der Waals surface area (Å²) >= 11 is 0. The van der Waals surface area contributed by atoms with Gasteiger partial charge in [0, 0.05) is 31.6 Å². The predicted molar refractivity (Wildman–Crippen MR) is 87.0 cm³/mol. The van der Waals surface area contributed by atoms with E-state index in [9.17, 15) is 14.4 Å². The molecule has 1 aromatic rings. The molecule has 0 aromatic heterocycles. The summed E-state index contributed by atoms with van der Waals surface area (Å²) in [7, 11) is 0. The number of carbonyl (C=O) groups excluding carboxylic acids is 3.